The Bertz CT molecular complexity index is 585. The number of nitrogens with two attached hydrogens (primary N) is 1. The maximum absolute atomic E-state index is 10.7. The molecule has 0 bridgehead atoms. The average Bonchev–Trinajstić information content (AvgIpc) is 2.48. The summed E-state index contributed by atoms with van der Waals surface area (Å²) in [6.07, 6.45) is 3.10. The Morgan fingerprint density at radius 3 is 2.25 bits per heavy atom. The van der Waals surface area contributed by atoms with E-state index in [2.05, 4.69) is 14.7 Å². The van der Waals surface area contributed by atoms with Crippen molar-refractivity contribution in [3.63, 3.8) is 0 Å². The number of methoxy groups -OCH3 is 1. The Balaban J connectivity index is 0.000000200. The summed E-state index contributed by atoms with van der Waals surface area (Å²) in [4.78, 5) is 28.9. The number of aromatic nitrogens is 2. The van der Waals surface area contributed by atoms with Crippen molar-refractivity contribution in [1.29, 1.82) is 0 Å². The smallest absolute Gasteiger partial charge is 0.356 e. The molecule has 0 radical (unpaired) electrons. The number of esters is 1. The fourth-order valence-electron chi connectivity index (χ4n) is 1.33. The van der Waals surface area contributed by atoms with Gasteiger partial charge in [-0.05, 0) is 30.7 Å². The number of carbonyl (C=O) groups excluding carboxylic acids is 2. The molecule has 0 unspecified atom stereocenters. The van der Waals surface area contributed by atoms with Crippen LogP contribution in [0.1, 0.15) is 26.5 Å². The number of amides is 1. The maximum atomic E-state index is 10.7. The van der Waals surface area contributed by atoms with E-state index in [1.54, 1.807) is 49.6 Å². The summed E-state index contributed by atoms with van der Waals surface area (Å²) in [5.74, 6) is -0.876. The van der Waals surface area contributed by atoms with E-state index in [1.807, 2.05) is 0 Å². The van der Waals surface area contributed by atoms with E-state index in [9.17, 15) is 9.59 Å². The lowest BCUT2D eigenvalue weighted by atomic mass is 10.2. The van der Waals surface area contributed by atoms with Crippen molar-refractivity contribution in [2.75, 3.05) is 7.11 Å². The van der Waals surface area contributed by atoms with E-state index in [0.717, 1.165) is 5.56 Å². The molecule has 0 aromatic carbocycles. The van der Waals surface area contributed by atoms with Gasteiger partial charge in [0.2, 0.25) is 0 Å². The summed E-state index contributed by atoms with van der Waals surface area (Å²) in [5.41, 5.74) is 6.52. The zero-order chi connectivity index (χ0) is 15.0. The molecule has 6 nitrogen and oxygen atoms in total. The summed E-state index contributed by atoms with van der Waals surface area (Å²) in [7, 11) is 1.33. The van der Waals surface area contributed by atoms with E-state index >= 15 is 0 Å². The molecule has 0 saturated heterocycles. The van der Waals surface area contributed by atoms with Gasteiger partial charge in [-0.15, -0.1) is 0 Å². The first-order valence-corrected chi connectivity index (χ1v) is 5.77. The number of primary amides is 1. The SMILES string of the molecule is COC(=O)c1ccccn1.Cc1cccnc1C(N)=O. The molecule has 1 amide bonds. The van der Waals surface area contributed by atoms with Crippen molar-refractivity contribution < 1.29 is 14.3 Å². The monoisotopic (exact) mass is 273 g/mol. The second kappa shape index (κ2) is 7.63. The minimum absolute atomic E-state index is 0.338. The minimum Gasteiger partial charge on any atom is -0.464 e. The van der Waals surface area contributed by atoms with Crippen molar-refractivity contribution in [2.24, 2.45) is 5.73 Å². The van der Waals surface area contributed by atoms with Gasteiger partial charge >= 0.3 is 5.97 Å². The van der Waals surface area contributed by atoms with E-state index in [4.69, 9.17) is 5.73 Å². The van der Waals surface area contributed by atoms with Crippen molar-refractivity contribution in [1.82, 2.24) is 9.97 Å². The van der Waals surface area contributed by atoms with Crippen LogP contribution in [0.25, 0.3) is 0 Å². The Hall–Kier alpha value is -2.76. The molecular weight excluding hydrogens is 258 g/mol. The molecule has 0 aliphatic carbocycles. The highest BCUT2D eigenvalue weighted by Gasteiger charge is 2.03. The fraction of sp³-hybridized carbons (Fsp3) is 0.143. The van der Waals surface area contributed by atoms with Crippen LogP contribution in [-0.2, 0) is 4.74 Å². The van der Waals surface area contributed by atoms with Crippen molar-refractivity contribution in [3.8, 4) is 0 Å². The number of hydrogen-bond donors (Lipinski definition) is 1. The molecule has 2 aromatic heterocycles. The fourth-order valence-corrected chi connectivity index (χ4v) is 1.33. The van der Waals surface area contributed by atoms with E-state index in [0.29, 0.717) is 11.4 Å². The van der Waals surface area contributed by atoms with Gasteiger partial charge in [0.05, 0.1) is 7.11 Å². The maximum Gasteiger partial charge on any atom is 0.356 e. The average molecular weight is 273 g/mol. The normalized spacial score (nSPS) is 9.10. The number of rotatable bonds is 2. The van der Waals surface area contributed by atoms with Crippen LogP contribution in [-0.4, -0.2) is 29.0 Å². The molecule has 0 fully saturated rings. The van der Waals surface area contributed by atoms with Crippen LogP contribution in [0.3, 0.4) is 0 Å². The Morgan fingerprint density at radius 2 is 1.80 bits per heavy atom. The van der Waals surface area contributed by atoms with Gasteiger partial charge in [0.25, 0.3) is 5.91 Å². The van der Waals surface area contributed by atoms with Crippen LogP contribution in [0.5, 0.6) is 0 Å². The van der Waals surface area contributed by atoms with Crippen LogP contribution < -0.4 is 5.73 Å². The number of pyridine rings is 2. The summed E-state index contributed by atoms with van der Waals surface area (Å²) >= 11 is 0. The molecule has 104 valence electrons. The molecule has 0 aliphatic rings. The van der Waals surface area contributed by atoms with E-state index in [-0.39, 0.29) is 0 Å². The predicted octanol–water partition coefficient (Wildman–Crippen LogP) is 1.36. The first-order chi connectivity index (χ1) is 9.56. The van der Waals surface area contributed by atoms with Crippen LogP contribution >= 0.6 is 0 Å². The summed E-state index contributed by atoms with van der Waals surface area (Å²) in [6, 6.07) is 8.65. The van der Waals surface area contributed by atoms with Gasteiger partial charge in [-0.2, -0.15) is 0 Å². The predicted molar refractivity (Wildman–Crippen MR) is 73.1 cm³/mol. The second-order valence-corrected chi connectivity index (χ2v) is 3.74. The van der Waals surface area contributed by atoms with Gasteiger partial charge < -0.3 is 10.5 Å². The van der Waals surface area contributed by atoms with Crippen molar-refractivity contribution in [3.05, 3.63) is 59.7 Å². The van der Waals surface area contributed by atoms with E-state index in [1.165, 1.54) is 7.11 Å². The summed E-state index contributed by atoms with van der Waals surface area (Å²) in [6.45, 7) is 1.80. The quantitative estimate of drug-likeness (QED) is 0.833. The van der Waals surface area contributed by atoms with Gasteiger partial charge in [0.1, 0.15) is 11.4 Å². The lowest BCUT2D eigenvalue weighted by Gasteiger charge is -1.96. The number of ether oxygens (including phenoxy) is 1. The molecule has 2 heterocycles. The molecule has 6 heteroatoms. The van der Waals surface area contributed by atoms with Gasteiger partial charge in [-0.1, -0.05) is 12.1 Å². The lowest BCUT2D eigenvalue weighted by Crippen LogP contribution is -2.14. The highest BCUT2D eigenvalue weighted by molar-refractivity contribution is 5.92. The van der Waals surface area contributed by atoms with Crippen molar-refractivity contribution in [2.45, 2.75) is 6.92 Å². The highest BCUT2D eigenvalue weighted by Crippen LogP contribution is 2.00. The van der Waals surface area contributed by atoms with Crippen molar-refractivity contribution >= 4 is 11.9 Å². The molecule has 0 spiro atoms. The zero-order valence-corrected chi connectivity index (χ0v) is 11.2. The third-order valence-electron chi connectivity index (χ3n) is 2.30. The largest absolute Gasteiger partial charge is 0.464 e. The molecule has 20 heavy (non-hydrogen) atoms. The first kappa shape index (κ1) is 15.3. The van der Waals surface area contributed by atoms with Gasteiger partial charge in [-0.25, -0.2) is 9.78 Å². The molecule has 0 saturated carbocycles. The summed E-state index contributed by atoms with van der Waals surface area (Å²) < 4.78 is 4.43. The topological polar surface area (TPSA) is 95.2 Å². The third kappa shape index (κ3) is 4.49. The lowest BCUT2D eigenvalue weighted by molar-refractivity contribution is 0.0594. The van der Waals surface area contributed by atoms with Crippen LogP contribution in [0, 0.1) is 6.92 Å². The molecule has 2 rings (SSSR count). The Labute approximate surface area is 116 Å². The number of hydrogen-bond acceptors (Lipinski definition) is 5. The zero-order valence-electron chi connectivity index (χ0n) is 11.2. The standard InChI is InChI=1S/C7H8N2O.C7H7NO2/c1-5-3-2-4-9-6(5)7(8)10;1-10-7(9)6-4-2-3-5-8-6/h2-4H,1H3,(H2,8,10);2-5H,1H3. The Kier molecular flexibility index (Phi) is 5.83. The van der Waals surface area contributed by atoms with E-state index < -0.39 is 11.9 Å². The molecular formula is C14H15N3O3. The first-order valence-electron chi connectivity index (χ1n) is 5.77. The molecule has 2 N–H and O–H groups in total. The second-order valence-electron chi connectivity index (χ2n) is 3.74. The minimum atomic E-state index is -0.474. The molecule has 0 aliphatic heterocycles. The third-order valence-corrected chi connectivity index (χ3v) is 2.30. The number of nitrogens with zero attached hydrogens (tertiary/aromatic N) is 2. The van der Waals surface area contributed by atoms with Crippen LogP contribution in [0.2, 0.25) is 0 Å². The number of carbonyl (C=O) groups is 2. The van der Waals surface area contributed by atoms with Crippen LogP contribution in [0.4, 0.5) is 0 Å². The van der Waals surface area contributed by atoms with Crippen LogP contribution in [0.15, 0.2) is 42.7 Å². The molecule has 2 aromatic rings. The Morgan fingerprint density at radius 1 is 1.10 bits per heavy atom. The van der Waals surface area contributed by atoms with Gasteiger partial charge in [0, 0.05) is 12.4 Å². The van der Waals surface area contributed by atoms with Gasteiger partial charge in [-0.3, -0.25) is 9.78 Å². The highest BCUT2D eigenvalue weighted by atomic mass is 16.5. The summed E-state index contributed by atoms with van der Waals surface area (Å²) in [5, 5.41) is 0. The number of aryl methyl sites for hydroxylation is 1. The molecule has 0 atom stereocenters. The van der Waals surface area contributed by atoms with Gasteiger partial charge in [0.15, 0.2) is 0 Å².